The molecule has 62 heavy (non-hydrogen) atoms. The molecule has 1 atom stereocenters. The number of nitrogens with zero attached hydrogens (tertiary/aromatic N) is 9. The van der Waals surface area contributed by atoms with Gasteiger partial charge in [0.15, 0.2) is 5.78 Å². The fourth-order valence-corrected chi connectivity index (χ4v) is 6.74. The Balaban J connectivity index is 0.000000209. The van der Waals surface area contributed by atoms with E-state index >= 15 is 0 Å². The minimum Gasteiger partial charge on any atom is -0.497 e. The number of piperazine rings is 2. The number of likely N-dealkylation sites (N-methyl/N-ethyl adjacent to an activating group) is 2. The standard InChI is InChI=1S/C22H26F2N6O3.C21H27N5O3/c1-28-8-10-29(11-9-28)22(31)30(17-4-3-5-18(12-17)32-2)14-16-7-6-15(13-25-16)20-26-27-21(33-20)19(23)24;1-24-8-10-25(11-9-24)21(28)26(18-4-3-5-19(12-18)29-2)15-17-7-6-16(14-23-17)20(27)13-22/h3-7,12-13,19,21,27H,8-11,14H2,1-2H3;3-7,12,14H,8-11,13,15,22H2,1-2H3. The normalized spacial score (nSPS) is 16.6. The number of ether oxygens (including phenoxy) is 3. The van der Waals surface area contributed by atoms with Crippen molar-refractivity contribution in [1.82, 2.24) is 35.0 Å². The van der Waals surface area contributed by atoms with Gasteiger partial charge in [0.1, 0.15) is 11.5 Å². The zero-order valence-corrected chi connectivity index (χ0v) is 35.3. The molecule has 4 amide bonds. The third-order valence-corrected chi connectivity index (χ3v) is 10.5. The number of methoxy groups -OCH3 is 2. The summed E-state index contributed by atoms with van der Waals surface area (Å²) in [6.45, 7) is 6.37. The van der Waals surface area contributed by atoms with Crippen molar-refractivity contribution in [3.05, 3.63) is 108 Å². The van der Waals surface area contributed by atoms with Crippen LogP contribution in [0.4, 0.5) is 29.7 Å². The van der Waals surface area contributed by atoms with Crippen LogP contribution in [0.1, 0.15) is 27.3 Å². The first-order chi connectivity index (χ1) is 30.0. The number of urea groups is 2. The number of hydrazone groups is 1. The van der Waals surface area contributed by atoms with Gasteiger partial charge in [-0.1, -0.05) is 12.1 Å². The number of alkyl halides is 2. The van der Waals surface area contributed by atoms with Crippen LogP contribution in [-0.4, -0.2) is 153 Å². The molecule has 0 saturated carbocycles. The Morgan fingerprint density at radius 1 is 0.758 bits per heavy atom. The molecule has 3 aliphatic heterocycles. The maximum absolute atomic E-state index is 13.4. The number of rotatable bonds is 12. The van der Waals surface area contributed by atoms with E-state index in [9.17, 15) is 23.2 Å². The van der Waals surface area contributed by atoms with Crippen molar-refractivity contribution in [3.8, 4) is 11.5 Å². The number of nitrogens with two attached hydrogens (primary N) is 1. The number of hydrogen-bond acceptors (Lipinski definition) is 13. The molecule has 5 heterocycles. The largest absolute Gasteiger partial charge is 0.497 e. The van der Waals surface area contributed by atoms with Gasteiger partial charge in [-0.3, -0.25) is 30.0 Å². The number of amides is 4. The van der Waals surface area contributed by atoms with Crippen molar-refractivity contribution in [2.24, 2.45) is 10.8 Å². The van der Waals surface area contributed by atoms with Gasteiger partial charge in [0.05, 0.1) is 50.8 Å². The van der Waals surface area contributed by atoms with Crippen LogP contribution < -0.4 is 30.4 Å². The predicted octanol–water partition coefficient (Wildman–Crippen LogP) is 3.94. The van der Waals surface area contributed by atoms with E-state index in [-0.39, 0.29) is 43.4 Å². The highest BCUT2D eigenvalue weighted by molar-refractivity contribution is 5.97. The van der Waals surface area contributed by atoms with E-state index in [4.69, 9.17) is 19.9 Å². The molecule has 3 aliphatic rings. The first kappa shape index (κ1) is 45.1. The van der Waals surface area contributed by atoms with E-state index in [2.05, 4.69) is 37.3 Å². The summed E-state index contributed by atoms with van der Waals surface area (Å²) in [6.07, 6.45) is -1.16. The number of nitrogens with one attached hydrogen (secondary N) is 1. The summed E-state index contributed by atoms with van der Waals surface area (Å²) >= 11 is 0. The zero-order chi connectivity index (χ0) is 44.2. The number of aromatic nitrogens is 2. The maximum Gasteiger partial charge on any atom is 0.324 e. The van der Waals surface area contributed by atoms with Gasteiger partial charge >= 0.3 is 12.1 Å². The molecule has 2 fully saturated rings. The van der Waals surface area contributed by atoms with Crippen molar-refractivity contribution in [2.75, 3.05) is 97.0 Å². The van der Waals surface area contributed by atoms with Gasteiger partial charge in [-0.2, -0.15) is 0 Å². The summed E-state index contributed by atoms with van der Waals surface area (Å²) in [5, 5.41) is 3.80. The molecule has 17 nitrogen and oxygen atoms in total. The van der Waals surface area contributed by atoms with Gasteiger partial charge in [0.2, 0.25) is 12.1 Å². The van der Waals surface area contributed by atoms with Crippen LogP contribution in [0.5, 0.6) is 11.5 Å². The van der Waals surface area contributed by atoms with Crippen molar-refractivity contribution >= 4 is 35.1 Å². The molecule has 3 N–H and O–H groups in total. The molecule has 330 valence electrons. The topological polar surface area (TPSA) is 175 Å². The van der Waals surface area contributed by atoms with Gasteiger partial charge in [-0.15, -0.1) is 5.10 Å². The van der Waals surface area contributed by atoms with Gasteiger partial charge in [-0.25, -0.2) is 18.4 Å². The number of benzene rings is 2. The van der Waals surface area contributed by atoms with Crippen LogP contribution >= 0.6 is 0 Å². The van der Waals surface area contributed by atoms with Crippen molar-refractivity contribution < 1.29 is 37.4 Å². The number of anilines is 2. The SMILES string of the molecule is COc1cccc(N(Cc2ccc(C(=O)CN)cn2)C(=O)N2CCN(C)CC2)c1.COc1cccc(N(Cc2ccc(C3=NNC(C(F)F)O3)cn2)C(=O)N2CCN(C)CC2)c1. The average Bonchev–Trinajstić information content (AvgIpc) is 3.82. The lowest BCUT2D eigenvalue weighted by atomic mass is 10.1. The number of halogens is 2. The lowest BCUT2D eigenvalue weighted by Gasteiger charge is -2.36. The van der Waals surface area contributed by atoms with Crippen LogP contribution in [0, 0.1) is 0 Å². The van der Waals surface area contributed by atoms with Gasteiger partial charge in [0.25, 0.3) is 6.43 Å². The summed E-state index contributed by atoms with van der Waals surface area (Å²) < 4.78 is 41.3. The van der Waals surface area contributed by atoms with E-state index < -0.39 is 12.7 Å². The van der Waals surface area contributed by atoms with Gasteiger partial charge in [0, 0.05) is 93.8 Å². The Kier molecular flexibility index (Phi) is 15.6. The third kappa shape index (κ3) is 11.7. The Morgan fingerprint density at radius 2 is 1.26 bits per heavy atom. The molecule has 0 radical (unpaired) electrons. The van der Waals surface area contributed by atoms with Gasteiger partial charge in [-0.05, 0) is 62.6 Å². The molecule has 0 spiro atoms. The fourth-order valence-electron chi connectivity index (χ4n) is 6.74. The molecule has 19 heteroatoms. The molecule has 7 rings (SSSR count). The van der Waals surface area contributed by atoms with E-state index in [0.29, 0.717) is 65.9 Å². The Hall–Kier alpha value is -6.44. The second kappa shape index (κ2) is 21.4. The number of Topliss-reactive ketones (excluding diaryl/α,β-unsaturated/α-hetero) is 1. The smallest absolute Gasteiger partial charge is 0.324 e. The first-order valence-electron chi connectivity index (χ1n) is 20.2. The average molecular weight is 858 g/mol. The molecular weight excluding hydrogens is 805 g/mol. The third-order valence-electron chi connectivity index (χ3n) is 10.5. The fraction of sp³-hybridized carbons (Fsp3) is 0.395. The second-order valence-corrected chi connectivity index (χ2v) is 14.8. The van der Waals surface area contributed by atoms with Crippen LogP contribution in [0.25, 0.3) is 0 Å². The summed E-state index contributed by atoms with van der Waals surface area (Å²) in [6, 6.07) is 21.4. The molecule has 2 aromatic heterocycles. The Morgan fingerprint density at radius 3 is 1.66 bits per heavy atom. The van der Waals surface area contributed by atoms with Crippen LogP contribution in [-0.2, 0) is 17.8 Å². The highest BCUT2D eigenvalue weighted by atomic mass is 19.3. The van der Waals surface area contributed by atoms with Crippen molar-refractivity contribution in [2.45, 2.75) is 25.7 Å². The zero-order valence-electron chi connectivity index (χ0n) is 35.3. The summed E-state index contributed by atoms with van der Waals surface area (Å²) in [5.74, 6) is 1.21. The second-order valence-electron chi connectivity index (χ2n) is 14.8. The van der Waals surface area contributed by atoms with E-state index in [0.717, 1.165) is 31.9 Å². The number of hydrogen-bond donors (Lipinski definition) is 2. The Labute approximate surface area is 359 Å². The summed E-state index contributed by atoms with van der Waals surface area (Å²) in [7, 11) is 7.26. The number of pyridine rings is 2. The van der Waals surface area contributed by atoms with E-state index in [1.807, 2.05) is 59.3 Å². The summed E-state index contributed by atoms with van der Waals surface area (Å²) in [4.78, 5) is 58.7. The highest BCUT2D eigenvalue weighted by Gasteiger charge is 2.30. The molecule has 4 aromatic rings. The number of ketones is 1. The summed E-state index contributed by atoms with van der Waals surface area (Å²) in [5.41, 5.74) is 11.3. The quantitative estimate of drug-likeness (QED) is 0.197. The minimum absolute atomic E-state index is 0.0533. The van der Waals surface area contributed by atoms with E-state index in [1.165, 1.54) is 12.4 Å². The highest BCUT2D eigenvalue weighted by Crippen LogP contribution is 2.26. The van der Waals surface area contributed by atoms with Gasteiger partial charge < -0.3 is 39.5 Å². The van der Waals surface area contributed by atoms with Crippen LogP contribution in [0.15, 0.2) is 90.3 Å². The maximum atomic E-state index is 13.4. The molecule has 0 bridgehead atoms. The van der Waals surface area contributed by atoms with Crippen LogP contribution in [0.2, 0.25) is 0 Å². The minimum atomic E-state index is -2.70. The predicted molar refractivity (Wildman–Crippen MR) is 230 cm³/mol. The number of carbonyl (C=O) groups excluding carboxylic acids is 3. The Bertz CT molecular complexity index is 2150. The lowest BCUT2D eigenvalue weighted by molar-refractivity contribution is 0.000579. The molecule has 2 saturated heterocycles. The van der Waals surface area contributed by atoms with E-state index in [1.54, 1.807) is 54.4 Å². The lowest BCUT2D eigenvalue weighted by Crippen LogP contribution is -2.52. The monoisotopic (exact) mass is 857 g/mol. The van der Waals surface area contributed by atoms with Crippen molar-refractivity contribution in [1.29, 1.82) is 0 Å². The molecule has 1 unspecified atom stereocenters. The van der Waals surface area contributed by atoms with Crippen LogP contribution in [0.3, 0.4) is 0 Å². The first-order valence-corrected chi connectivity index (χ1v) is 20.2. The number of carbonyl (C=O) groups is 3. The van der Waals surface area contributed by atoms with Crippen molar-refractivity contribution in [3.63, 3.8) is 0 Å². The molecule has 2 aromatic carbocycles. The molecule has 0 aliphatic carbocycles. The molecular formula is C43H53F2N11O6.